The van der Waals surface area contributed by atoms with Gasteiger partial charge in [-0.15, -0.1) is 0 Å². The first-order valence-electron chi connectivity index (χ1n) is 8.07. The van der Waals surface area contributed by atoms with Gasteiger partial charge in [0, 0.05) is 19.8 Å². The number of hydrogen-bond donors (Lipinski definition) is 3. The molecule has 0 saturated carbocycles. The average Bonchev–Trinajstić information content (AvgIpc) is 2.57. The molecule has 0 aliphatic rings. The van der Waals surface area contributed by atoms with Gasteiger partial charge in [0.25, 0.3) is 5.91 Å². The second-order valence-electron chi connectivity index (χ2n) is 6.26. The normalized spacial score (nSPS) is 11.7. The molecule has 4 N–H and O–H groups in total. The third kappa shape index (κ3) is 6.89. The van der Waals surface area contributed by atoms with Crippen molar-refractivity contribution in [3.8, 4) is 5.75 Å². The third-order valence-corrected chi connectivity index (χ3v) is 3.81. The van der Waals surface area contributed by atoms with Crippen LogP contribution in [-0.4, -0.2) is 55.9 Å². The van der Waals surface area contributed by atoms with E-state index in [1.165, 1.54) is 11.0 Å². The number of rotatable bonds is 8. The Balaban J connectivity index is 2.55. The molecule has 0 saturated heterocycles. The Kier molecular flexibility index (Phi) is 8.34. The Labute approximate surface area is 158 Å². The predicted octanol–water partition coefficient (Wildman–Crippen LogP) is 0.845. The summed E-state index contributed by atoms with van der Waals surface area (Å²) in [5, 5.41) is 5.33. The van der Waals surface area contributed by atoms with Crippen molar-refractivity contribution in [1.29, 1.82) is 0 Å². The zero-order valence-electron chi connectivity index (χ0n) is 15.3. The number of hydrogen-bond acceptors (Lipinski definition) is 5. The maximum atomic E-state index is 11.9. The minimum Gasteiger partial charge on any atom is -0.482 e. The molecule has 1 aromatic rings. The molecule has 1 aromatic carbocycles. The fourth-order valence-corrected chi connectivity index (χ4v) is 1.99. The molecule has 3 amide bonds. The van der Waals surface area contributed by atoms with Crippen molar-refractivity contribution in [3.63, 3.8) is 0 Å². The molecule has 0 aliphatic carbocycles. The standard InChI is InChI=1S/C17H25ClN4O4/c1-10(2)16(19)17(25)20-8-14(23)21-11-5-6-13(12(18)7-11)26-9-15(24)22(3)4/h5-7,10,16H,8-9,19H2,1-4H3,(H,20,25)(H,21,23)/t16-/m0/s1. The first-order valence-corrected chi connectivity index (χ1v) is 8.45. The molecule has 1 atom stereocenters. The van der Waals surface area contributed by atoms with Crippen LogP contribution in [0, 0.1) is 5.92 Å². The van der Waals surface area contributed by atoms with Crippen molar-refractivity contribution >= 4 is 35.0 Å². The van der Waals surface area contributed by atoms with E-state index in [0.29, 0.717) is 11.4 Å². The van der Waals surface area contributed by atoms with E-state index in [1.54, 1.807) is 26.2 Å². The lowest BCUT2D eigenvalue weighted by Gasteiger charge is -2.15. The van der Waals surface area contributed by atoms with Crippen molar-refractivity contribution in [2.45, 2.75) is 19.9 Å². The highest BCUT2D eigenvalue weighted by atomic mass is 35.5. The lowest BCUT2D eigenvalue weighted by atomic mass is 10.1. The van der Waals surface area contributed by atoms with Gasteiger partial charge in [-0.3, -0.25) is 14.4 Å². The lowest BCUT2D eigenvalue weighted by molar-refractivity contribution is -0.130. The van der Waals surface area contributed by atoms with Crippen LogP contribution in [-0.2, 0) is 14.4 Å². The highest BCUT2D eigenvalue weighted by molar-refractivity contribution is 6.32. The number of likely N-dealkylation sites (N-methyl/N-ethyl adjacent to an activating group) is 1. The van der Waals surface area contributed by atoms with Crippen LogP contribution in [0.15, 0.2) is 18.2 Å². The summed E-state index contributed by atoms with van der Waals surface area (Å²) in [5.41, 5.74) is 6.14. The highest BCUT2D eigenvalue weighted by Gasteiger charge is 2.17. The number of carbonyl (C=O) groups excluding carboxylic acids is 3. The van der Waals surface area contributed by atoms with E-state index in [2.05, 4.69) is 10.6 Å². The quantitative estimate of drug-likeness (QED) is 0.614. The molecule has 1 rings (SSSR count). The molecule has 0 aliphatic heterocycles. The topological polar surface area (TPSA) is 114 Å². The summed E-state index contributed by atoms with van der Waals surface area (Å²) in [6, 6.07) is 3.96. The van der Waals surface area contributed by atoms with Gasteiger partial charge in [0.2, 0.25) is 11.8 Å². The zero-order chi connectivity index (χ0) is 19.9. The van der Waals surface area contributed by atoms with Crippen LogP contribution in [0.25, 0.3) is 0 Å². The fourth-order valence-electron chi connectivity index (χ4n) is 1.76. The van der Waals surface area contributed by atoms with Crippen molar-refractivity contribution in [2.24, 2.45) is 11.7 Å². The predicted molar refractivity (Wildman–Crippen MR) is 100 cm³/mol. The van der Waals surface area contributed by atoms with Gasteiger partial charge in [-0.1, -0.05) is 25.4 Å². The number of ether oxygens (including phenoxy) is 1. The van der Waals surface area contributed by atoms with E-state index in [4.69, 9.17) is 22.1 Å². The van der Waals surface area contributed by atoms with E-state index >= 15 is 0 Å². The molecular weight excluding hydrogens is 360 g/mol. The lowest BCUT2D eigenvalue weighted by Crippen LogP contribution is -2.46. The first kappa shape index (κ1) is 21.7. The summed E-state index contributed by atoms with van der Waals surface area (Å²) in [5.74, 6) is -0.696. The van der Waals surface area contributed by atoms with Crippen LogP contribution < -0.4 is 21.1 Å². The van der Waals surface area contributed by atoms with Gasteiger partial charge in [0.05, 0.1) is 17.6 Å². The summed E-state index contributed by atoms with van der Waals surface area (Å²) in [4.78, 5) is 36.6. The molecule has 26 heavy (non-hydrogen) atoms. The molecule has 0 spiro atoms. The van der Waals surface area contributed by atoms with Gasteiger partial charge in [-0.25, -0.2) is 0 Å². The van der Waals surface area contributed by atoms with Crippen LogP contribution in [0.5, 0.6) is 5.75 Å². The Morgan fingerprint density at radius 1 is 1.27 bits per heavy atom. The number of amides is 3. The minimum atomic E-state index is -0.668. The number of nitrogens with two attached hydrogens (primary N) is 1. The van der Waals surface area contributed by atoms with Crippen LogP contribution in [0.4, 0.5) is 5.69 Å². The summed E-state index contributed by atoms with van der Waals surface area (Å²) >= 11 is 6.09. The molecule has 0 heterocycles. The molecular formula is C17H25ClN4O4. The molecule has 144 valence electrons. The van der Waals surface area contributed by atoms with Crippen LogP contribution >= 0.6 is 11.6 Å². The Morgan fingerprint density at radius 2 is 1.92 bits per heavy atom. The van der Waals surface area contributed by atoms with Crippen LogP contribution in [0.3, 0.4) is 0 Å². The van der Waals surface area contributed by atoms with E-state index in [9.17, 15) is 14.4 Å². The average molecular weight is 385 g/mol. The molecule has 8 nitrogen and oxygen atoms in total. The molecule has 0 bridgehead atoms. The number of benzene rings is 1. The monoisotopic (exact) mass is 384 g/mol. The smallest absolute Gasteiger partial charge is 0.259 e. The second kappa shape index (κ2) is 9.98. The maximum absolute atomic E-state index is 11.9. The molecule has 0 unspecified atom stereocenters. The van der Waals surface area contributed by atoms with Gasteiger partial charge < -0.3 is 26.0 Å². The van der Waals surface area contributed by atoms with Gasteiger partial charge in [-0.05, 0) is 24.1 Å². The summed E-state index contributed by atoms with van der Waals surface area (Å²) in [6.45, 7) is 3.30. The molecule has 9 heteroatoms. The van der Waals surface area contributed by atoms with E-state index < -0.39 is 11.9 Å². The van der Waals surface area contributed by atoms with Crippen molar-refractivity contribution in [3.05, 3.63) is 23.2 Å². The van der Waals surface area contributed by atoms with Gasteiger partial charge >= 0.3 is 0 Å². The molecule has 0 radical (unpaired) electrons. The minimum absolute atomic E-state index is 0.0243. The van der Waals surface area contributed by atoms with Gasteiger partial charge in [-0.2, -0.15) is 0 Å². The van der Waals surface area contributed by atoms with Crippen molar-refractivity contribution < 1.29 is 19.1 Å². The van der Waals surface area contributed by atoms with Gasteiger partial charge in [0.15, 0.2) is 6.61 Å². The van der Waals surface area contributed by atoms with E-state index in [1.807, 2.05) is 13.8 Å². The van der Waals surface area contributed by atoms with Crippen LogP contribution in [0.1, 0.15) is 13.8 Å². The number of nitrogens with one attached hydrogen (secondary N) is 2. The maximum Gasteiger partial charge on any atom is 0.259 e. The fraction of sp³-hybridized carbons (Fsp3) is 0.471. The van der Waals surface area contributed by atoms with E-state index in [0.717, 1.165) is 0 Å². The molecule has 0 fully saturated rings. The van der Waals surface area contributed by atoms with Crippen molar-refractivity contribution in [2.75, 3.05) is 32.6 Å². The first-order chi connectivity index (χ1) is 12.1. The van der Waals surface area contributed by atoms with Crippen LogP contribution in [0.2, 0.25) is 5.02 Å². The SMILES string of the molecule is CC(C)[C@H](N)C(=O)NCC(=O)Nc1ccc(OCC(=O)N(C)C)c(Cl)c1. The number of carbonyl (C=O) groups is 3. The summed E-state index contributed by atoms with van der Waals surface area (Å²) in [7, 11) is 3.25. The Bertz CT molecular complexity index is 664. The number of anilines is 1. The summed E-state index contributed by atoms with van der Waals surface area (Å²) < 4.78 is 5.34. The number of halogens is 1. The Hall–Kier alpha value is -2.32. The highest BCUT2D eigenvalue weighted by Crippen LogP contribution is 2.27. The largest absolute Gasteiger partial charge is 0.482 e. The zero-order valence-corrected chi connectivity index (χ0v) is 16.1. The Morgan fingerprint density at radius 3 is 2.46 bits per heavy atom. The summed E-state index contributed by atoms with van der Waals surface area (Å²) in [6.07, 6.45) is 0. The second-order valence-corrected chi connectivity index (χ2v) is 6.67. The third-order valence-electron chi connectivity index (χ3n) is 3.51. The number of nitrogens with zero attached hydrogens (tertiary/aromatic N) is 1. The van der Waals surface area contributed by atoms with E-state index in [-0.39, 0.29) is 35.9 Å². The van der Waals surface area contributed by atoms with Crippen molar-refractivity contribution in [1.82, 2.24) is 10.2 Å². The van der Waals surface area contributed by atoms with Gasteiger partial charge in [0.1, 0.15) is 5.75 Å². The molecule has 0 aromatic heterocycles.